The summed E-state index contributed by atoms with van der Waals surface area (Å²) in [7, 11) is 0. The molecule has 0 spiro atoms. The number of halogens is 2. The Morgan fingerprint density at radius 2 is 1.76 bits per heavy atom. The van der Waals surface area contributed by atoms with Gasteiger partial charge in [0.1, 0.15) is 5.75 Å². The van der Waals surface area contributed by atoms with E-state index < -0.39 is 11.6 Å². The molecule has 0 fully saturated rings. The summed E-state index contributed by atoms with van der Waals surface area (Å²) >= 11 is 0. The van der Waals surface area contributed by atoms with E-state index in [0.29, 0.717) is 24.3 Å². The van der Waals surface area contributed by atoms with Crippen LogP contribution < -0.4 is 9.47 Å². The number of hydrogen-bond acceptors (Lipinski definition) is 3. The third kappa shape index (κ3) is 4.18. The van der Waals surface area contributed by atoms with E-state index in [2.05, 4.69) is 0 Å². The first kappa shape index (κ1) is 14.8. The van der Waals surface area contributed by atoms with Gasteiger partial charge in [0.05, 0.1) is 24.8 Å². The summed E-state index contributed by atoms with van der Waals surface area (Å²) in [6.45, 7) is 0.560. The van der Waals surface area contributed by atoms with Crippen molar-refractivity contribution in [1.29, 1.82) is 5.26 Å². The first-order valence-electron chi connectivity index (χ1n) is 6.40. The predicted molar refractivity (Wildman–Crippen MR) is 73.1 cm³/mol. The van der Waals surface area contributed by atoms with Gasteiger partial charge in [0.15, 0.2) is 11.6 Å². The number of ether oxygens (including phenoxy) is 2. The Hall–Kier alpha value is -2.61. The van der Waals surface area contributed by atoms with Gasteiger partial charge < -0.3 is 9.47 Å². The van der Waals surface area contributed by atoms with Gasteiger partial charge in [0, 0.05) is 6.42 Å². The zero-order valence-corrected chi connectivity index (χ0v) is 11.2. The largest absolute Gasteiger partial charge is 0.493 e. The fourth-order valence-electron chi connectivity index (χ4n) is 1.68. The van der Waals surface area contributed by atoms with E-state index >= 15 is 0 Å². The van der Waals surface area contributed by atoms with Crippen LogP contribution in [0.15, 0.2) is 42.5 Å². The summed E-state index contributed by atoms with van der Waals surface area (Å²) in [5, 5.41) is 8.75. The molecule has 108 valence electrons. The molecule has 0 unspecified atom stereocenters. The molecule has 0 saturated heterocycles. The zero-order chi connectivity index (χ0) is 15.1. The Balaban J connectivity index is 1.75. The van der Waals surface area contributed by atoms with Crippen molar-refractivity contribution in [2.24, 2.45) is 0 Å². The maximum atomic E-state index is 13.3. The lowest BCUT2D eigenvalue weighted by Crippen LogP contribution is -2.06. The smallest absolute Gasteiger partial charge is 0.200 e. The maximum absolute atomic E-state index is 13.3. The summed E-state index contributed by atoms with van der Waals surface area (Å²) in [6.07, 6.45) is 0.507. The van der Waals surface area contributed by atoms with E-state index in [1.165, 1.54) is 12.1 Å². The third-order valence-electron chi connectivity index (χ3n) is 2.69. The molecule has 3 nitrogen and oxygen atoms in total. The molecular weight excluding hydrogens is 276 g/mol. The normalized spacial score (nSPS) is 9.95. The minimum absolute atomic E-state index is 0.110. The summed E-state index contributed by atoms with van der Waals surface area (Å²) in [5.74, 6) is -1.44. The highest BCUT2D eigenvalue weighted by atomic mass is 19.2. The minimum atomic E-state index is -0.986. The Bertz CT molecular complexity index is 653. The molecule has 0 aromatic heterocycles. The van der Waals surface area contributed by atoms with E-state index in [-0.39, 0.29) is 12.4 Å². The van der Waals surface area contributed by atoms with Crippen LogP contribution in [0.4, 0.5) is 8.78 Å². The molecule has 0 N–H and O–H groups in total. The Morgan fingerprint density at radius 3 is 2.57 bits per heavy atom. The molecule has 2 rings (SSSR count). The predicted octanol–water partition coefficient (Wildman–Crippen LogP) is 3.68. The molecule has 0 saturated carbocycles. The third-order valence-corrected chi connectivity index (χ3v) is 2.69. The number of benzene rings is 2. The van der Waals surface area contributed by atoms with Gasteiger partial charge in [-0.3, -0.25) is 0 Å². The summed E-state index contributed by atoms with van der Waals surface area (Å²) < 4.78 is 36.8. The SMILES string of the molecule is N#Cc1cccc(OCCCOc2cccc(F)c2F)c1. The quantitative estimate of drug-likeness (QED) is 0.762. The number of nitrogens with zero attached hydrogens (tertiary/aromatic N) is 1. The van der Waals surface area contributed by atoms with Crippen LogP contribution in [0.25, 0.3) is 0 Å². The van der Waals surface area contributed by atoms with Gasteiger partial charge in [0.25, 0.3) is 0 Å². The molecule has 21 heavy (non-hydrogen) atoms. The molecule has 2 aromatic rings. The Morgan fingerprint density at radius 1 is 1.00 bits per heavy atom. The molecule has 0 atom stereocenters. The number of nitriles is 1. The summed E-state index contributed by atoms with van der Waals surface area (Å²) in [4.78, 5) is 0. The van der Waals surface area contributed by atoms with Crippen LogP contribution in [-0.4, -0.2) is 13.2 Å². The Labute approximate surface area is 121 Å². The van der Waals surface area contributed by atoms with Gasteiger partial charge in [-0.25, -0.2) is 4.39 Å². The molecule has 2 aromatic carbocycles. The van der Waals surface area contributed by atoms with E-state index in [4.69, 9.17) is 14.7 Å². The number of hydrogen-bond donors (Lipinski definition) is 0. The van der Waals surface area contributed by atoms with Gasteiger partial charge in [-0.2, -0.15) is 9.65 Å². The van der Waals surface area contributed by atoms with Crippen molar-refractivity contribution in [3.63, 3.8) is 0 Å². The van der Waals surface area contributed by atoms with E-state index in [1.54, 1.807) is 24.3 Å². The summed E-state index contributed by atoms with van der Waals surface area (Å²) in [5.41, 5.74) is 0.519. The average molecular weight is 289 g/mol. The zero-order valence-electron chi connectivity index (χ0n) is 11.2. The lowest BCUT2D eigenvalue weighted by molar-refractivity contribution is 0.239. The first-order valence-corrected chi connectivity index (χ1v) is 6.40. The highest BCUT2D eigenvalue weighted by Crippen LogP contribution is 2.19. The van der Waals surface area contributed by atoms with Crippen LogP contribution in [0, 0.1) is 23.0 Å². The van der Waals surface area contributed by atoms with Gasteiger partial charge in [-0.1, -0.05) is 12.1 Å². The molecule has 0 aliphatic heterocycles. The second-order valence-electron chi connectivity index (χ2n) is 4.24. The molecule has 0 amide bonds. The van der Waals surface area contributed by atoms with Crippen LogP contribution >= 0.6 is 0 Å². The fourth-order valence-corrected chi connectivity index (χ4v) is 1.68. The number of rotatable bonds is 6. The van der Waals surface area contributed by atoms with Crippen molar-refractivity contribution >= 4 is 0 Å². The molecule has 0 bridgehead atoms. The molecule has 0 radical (unpaired) electrons. The second-order valence-corrected chi connectivity index (χ2v) is 4.24. The van der Waals surface area contributed by atoms with Crippen molar-refractivity contribution in [1.82, 2.24) is 0 Å². The van der Waals surface area contributed by atoms with Crippen LogP contribution in [-0.2, 0) is 0 Å². The van der Waals surface area contributed by atoms with Gasteiger partial charge >= 0.3 is 0 Å². The highest BCUT2D eigenvalue weighted by Gasteiger charge is 2.08. The maximum Gasteiger partial charge on any atom is 0.200 e. The topological polar surface area (TPSA) is 42.2 Å². The van der Waals surface area contributed by atoms with Gasteiger partial charge in [0.2, 0.25) is 5.82 Å². The second kappa shape index (κ2) is 7.25. The van der Waals surface area contributed by atoms with Gasteiger partial charge in [-0.05, 0) is 30.3 Å². The molecular formula is C16H13F2NO2. The summed E-state index contributed by atoms with van der Waals surface area (Å²) in [6, 6.07) is 12.6. The van der Waals surface area contributed by atoms with Crippen LogP contribution in [0.1, 0.15) is 12.0 Å². The van der Waals surface area contributed by atoms with Crippen molar-refractivity contribution in [2.75, 3.05) is 13.2 Å². The Kier molecular flexibility index (Phi) is 5.10. The van der Waals surface area contributed by atoms with Crippen molar-refractivity contribution in [3.8, 4) is 17.6 Å². The minimum Gasteiger partial charge on any atom is -0.493 e. The van der Waals surface area contributed by atoms with Crippen molar-refractivity contribution in [2.45, 2.75) is 6.42 Å². The van der Waals surface area contributed by atoms with E-state index in [9.17, 15) is 8.78 Å². The molecule has 0 aliphatic rings. The van der Waals surface area contributed by atoms with Crippen molar-refractivity contribution in [3.05, 3.63) is 59.7 Å². The van der Waals surface area contributed by atoms with Crippen LogP contribution in [0.3, 0.4) is 0 Å². The molecule has 0 aliphatic carbocycles. The average Bonchev–Trinajstić information content (AvgIpc) is 2.51. The molecule has 0 heterocycles. The van der Waals surface area contributed by atoms with E-state index in [1.807, 2.05) is 6.07 Å². The monoisotopic (exact) mass is 289 g/mol. The lowest BCUT2D eigenvalue weighted by Gasteiger charge is -2.09. The lowest BCUT2D eigenvalue weighted by atomic mass is 10.2. The van der Waals surface area contributed by atoms with Gasteiger partial charge in [-0.15, -0.1) is 0 Å². The highest BCUT2D eigenvalue weighted by molar-refractivity contribution is 5.36. The fraction of sp³-hybridized carbons (Fsp3) is 0.188. The standard InChI is InChI=1S/C16H13F2NO2/c17-14-6-2-7-15(16(14)18)21-9-3-8-20-13-5-1-4-12(10-13)11-19/h1-2,4-7,10H,3,8-9H2. The van der Waals surface area contributed by atoms with E-state index in [0.717, 1.165) is 6.07 Å². The van der Waals surface area contributed by atoms with Crippen molar-refractivity contribution < 1.29 is 18.3 Å². The molecule has 5 heteroatoms. The first-order chi connectivity index (χ1) is 10.2. The van der Waals surface area contributed by atoms with Crippen LogP contribution in [0.5, 0.6) is 11.5 Å². The van der Waals surface area contributed by atoms with Crippen LogP contribution in [0.2, 0.25) is 0 Å².